The predicted octanol–water partition coefficient (Wildman–Crippen LogP) is 4.76. The molecule has 1 aromatic carbocycles. The van der Waals surface area contributed by atoms with Crippen molar-refractivity contribution in [3.05, 3.63) is 64.5 Å². The van der Waals surface area contributed by atoms with E-state index in [4.69, 9.17) is 0 Å². The highest BCUT2D eigenvalue weighted by atomic mass is 79.9. The monoisotopic (exact) mass is 383 g/mol. The molecule has 0 N–H and O–H groups in total. The van der Waals surface area contributed by atoms with E-state index >= 15 is 0 Å². The molecule has 0 spiro atoms. The Bertz CT molecular complexity index is 889. The first-order valence-electron chi connectivity index (χ1n) is 7.78. The predicted molar refractivity (Wildman–Crippen MR) is 100 cm³/mol. The number of carbonyl (C=O) groups is 1. The lowest BCUT2D eigenvalue weighted by Crippen LogP contribution is -2.37. The molecular weight excluding hydrogens is 366 g/mol. The van der Waals surface area contributed by atoms with Crippen LogP contribution in [0.25, 0.3) is 10.9 Å². The maximum absolute atomic E-state index is 13.3. The standard InChI is InChI=1S/C19H18BrN3O/c1-12(2)23(15-5-4-8-21-11-15)19(24)17-9-13(3)22-18-10-14(20)6-7-16(17)18/h4-12H,1-3H3. The largest absolute Gasteiger partial charge is 0.304 e. The number of aryl methyl sites for hydroxylation is 1. The van der Waals surface area contributed by atoms with Crippen molar-refractivity contribution in [3.8, 4) is 0 Å². The number of fused-ring (bicyclic) bond motifs is 1. The van der Waals surface area contributed by atoms with Crippen molar-refractivity contribution < 1.29 is 4.79 Å². The molecular formula is C19H18BrN3O. The zero-order valence-corrected chi connectivity index (χ0v) is 15.4. The Balaban J connectivity index is 2.16. The molecule has 5 heteroatoms. The van der Waals surface area contributed by atoms with Gasteiger partial charge in [0.1, 0.15) is 0 Å². The Kier molecular flexibility index (Phi) is 4.62. The van der Waals surface area contributed by atoms with Gasteiger partial charge >= 0.3 is 0 Å². The van der Waals surface area contributed by atoms with Crippen LogP contribution >= 0.6 is 15.9 Å². The first kappa shape index (κ1) is 16.6. The first-order valence-corrected chi connectivity index (χ1v) is 8.57. The van der Waals surface area contributed by atoms with Crippen molar-refractivity contribution in [2.24, 2.45) is 0 Å². The number of anilines is 1. The molecule has 2 aromatic heterocycles. The summed E-state index contributed by atoms with van der Waals surface area (Å²) in [5.74, 6) is -0.0455. The summed E-state index contributed by atoms with van der Waals surface area (Å²) < 4.78 is 0.944. The Hall–Kier alpha value is -2.27. The van der Waals surface area contributed by atoms with Gasteiger partial charge in [-0.15, -0.1) is 0 Å². The van der Waals surface area contributed by atoms with Crippen molar-refractivity contribution in [2.75, 3.05) is 4.90 Å². The van der Waals surface area contributed by atoms with E-state index in [0.717, 1.165) is 26.8 Å². The topological polar surface area (TPSA) is 46.1 Å². The van der Waals surface area contributed by atoms with E-state index in [1.165, 1.54) is 0 Å². The zero-order chi connectivity index (χ0) is 17.3. The Morgan fingerprint density at radius 2 is 2.00 bits per heavy atom. The number of nitrogens with zero attached hydrogens (tertiary/aromatic N) is 3. The molecule has 0 saturated carbocycles. The summed E-state index contributed by atoms with van der Waals surface area (Å²) in [5, 5.41) is 0.850. The molecule has 1 amide bonds. The van der Waals surface area contributed by atoms with Crippen LogP contribution in [0.3, 0.4) is 0 Å². The first-order chi connectivity index (χ1) is 11.5. The molecule has 0 unspecified atom stereocenters. The van der Waals surface area contributed by atoms with E-state index in [1.807, 2.05) is 57.2 Å². The van der Waals surface area contributed by atoms with Crippen molar-refractivity contribution in [3.63, 3.8) is 0 Å². The average Bonchev–Trinajstić information content (AvgIpc) is 2.54. The molecule has 4 nitrogen and oxygen atoms in total. The second-order valence-electron chi connectivity index (χ2n) is 5.95. The third kappa shape index (κ3) is 3.17. The molecule has 0 atom stereocenters. The number of amides is 1. The summed E-state index contributed by atoms with van der Waals surface area (Å²) in [6, 6.07) is 11.4. The van der Waals surface area contributed by atoms with Crippen LogP contribution in [-0.2, 0) is 0 Å². The molecule has 0 saturated heterocycles. The smallest absolute Gasteiger partial charge is 0.259 e. The minimum Gasteiger partial charge on any atom is -0.304 e. The van der Waals surface area contributed by atoms with E-state index in [1.54, 1.807) is 17.3 Å². The minimum atomic E-state index is -0.0455. The molecule has 122 valence electrons. The molecule has 24 heavy (non-hydrogen) atoms. The molecule has 3 aromatic rings. The molecule has 0 fully saturated rings. The quantitative estimate of drug-likeness (QED) is 0.654. The minimum absolute atomic E-state index is 0.0145. The van der Waals surface area contributed by atoms with Crippen LogP contribution in [0.4, 0.5) is 5.69 Å². The van der Waals surface area contributed by atoms with Gasteiger partial charge in [0.15, 0.2) is 0 Å². The second kappa shape index (κ2) is 6.69. The highest BCUT2D eigenvalue weighted by molar-refractivity contribution is 9.10. The lowest BCUT2D eigenvalue weighted by atomic mass is 10.1. The summed E-state index contributed by atoms with van der Waals surface area (Å²) in [6.07, 6.45) is 3.42. The summed E-state index contributed by atoms with van der Waals surface area (Å²) in [5.41, 5.74) is 3.07. The van der Waals surface area contributed by atoms with Crippen LogP contribution in [-0.4, -0.2) is 21.9 Å². The molecule has 0 aliphatic carbocycles. The molecule has 0 aliphatic rings. The van der Waals surface area contributed by atoms with Crippen molar-refractivity contribution in [2.45, 2.75) is 26.8 Å². The van der Waals surface area contributed by atoms with Gasteiger partial charge in [0.05, 0.1) is 23.0 Å². The highest BCUT2D eigenvalue weighted by Crippen LogP contribution is 2.26. The number of aromatic nitrogens is 2. The lowest BCUT2D eigenvalue weighted by Gasteiger charge is -2.27. The van der Waals surface area contributed by atoms with Gasteiger partial charge in [0.2, 0.25) is 0 Å². The SMILES string of the molecule is Cc1cc(C(=O)N(c2cccnc2)C(C)C)c2ccc(Br)cc2n1. The molecule has 2 heterocycles. The summed E-state index contributed by atoms with van der Waals surface area (Å²) >= 11 is 3.46. The maximum Gasteiger partial charge on any atom is 0.259 e. The van der Waals surface area contributed by atoms with Crippen LogP contribution < -0.4 is 4.90 Å². The van der Waals surface area contributed by atoms with E-state index in [2.05, 4.69) is 25.9 Å². The van der Waals surface area contributed by atoms with E-state index in [-0.39, 0.29) is 11.9 Å². The fraction of sp³-hybridized carbons (Fsp3) is 0.211. The van der Waals surface area contributed by atoms with Crippen molar-refractivity contribution in [1.29, 1.82) is 0 Å². The van der Waals surface area contributed by atoms with Crippen molar-refractivity contribution >= 4 is 38.4 Å². The third-order valence-electron chi connectivity index (χ3n) is 3.79. The van der Waals surface area contributed by atoms with Gasteiger partial charge < -0.3 is 4.90 Å². The second-order valence-corrected chi connectivity index (χ2v) is 6.87. The van der Waals surface area contributed by atoms with Gasteiger partial charge in [-0.25, -0.2) is 0 Å². The number of hydrogen-bond acceptors (Lipinski definition) is 3. The molecule has 0 bridgehead atoms. The number of benzene rings is 1. The summed E-state index contributed by atoms with van der Waals surface area (Å²) in [7, 11) is 0. The molecule has 0 aliphatic heterocycles. The van der Waals surface area contributed by atoms with E-state index in [9.17, 15) is 4.79 Å². The number of pyridine rings is 2. The van der Waals surface area contributed by atoms with Crippen LogP contribution in [0.1, 0.15) is 29.9 Å². The highest BCUT2D eigenvalue weighted by Gasteiger charge is 2.23. The number of hydrogen-bond donors (Lipinski definition) is 0. The van der Waals surface area contributed by atoms with Gasteiger partial charge in [-0.1, -0.05) is 22.0 Å². The third-order valence-corrected chi connectivity index (χ3v) is 4.28. The fourth-order valence-corrected chi connectivity index (χ4v) is 3.14. The van der Waals surface area contributed by atoms with E-state index < -0.39 is 0 Å². The lowest BCUT2D eigenvalue weighted by molar-refractivity contribution is 0.0981. The Morgan fingerprint density at radius 3 is 2.67 bits per heavy atom. The molecule has 0 radical (unpaired) electrons. The van der Waals surface area contributed by atoms with Crippen LogP contribution in [0.15, 0.2) is 53.3 Å². The van der Waals surface area contributed by atoms with Crippen LogP contribution in [0.2, 0.25) is 0 Å². The van der Waals surface area contributed by atoms with Crippen LogP contribution in [0, 0.1) is 6.92 Å². The van der Waals surface area contributed by atoms with Gasteiger partial charge in [-0.05, 0) is 51.1 Å². The Morgan fingerprint density at radius 1 is 1.21 bits per heavy atom. The number of halogens is 1. The van der Waals surface area contributed by atoms with Gasteiger partial charge in [-0.3, -0.25) is 14.8 Å². The van der Waals surface area contributed by atoms with Crippen molar-refractivity contribution in [1.82, 2.24) is 9.97 Å². The zero-order valence-electron chi connectivity index (χ0n) is 13.8. The normalized spacial score (nSPS) is 11.0. The van der Waals surface area contributed by atoms with E-state index in [0.29, 0.717) is 5.56 Å². The average molecular weight is 384 g/mol. The van der Waals surface area contributed by atoms with Gasteiger partial charge in [0, 0.05) is 27.8 Å². The fourth-order valence-electron chi connectivity index (χ4n) is 2.79. The maximum atomic E-state index is 13.3. The molecule has 3 rings (SSSR count). The summed E-state index contributed by atoms with van der Waals surface area (Å²) in [6.45, 7) is 5.90. The number of rotatable bonds is 3. The number of carbonyl (C=O) groups excluding carboxylic acids is 1. The Labute approximate surface area is 149 Å². The van der Waals surface area contributed by atoms with Gasteiger partial charge in [-0.2, -0.15) is 0 Å². The summed E-state index contributed by atoms with van der Waals surface area (Å²) in [4.78, 5) is 23.8. The van der Waals surface area contributed by atoms with Crippen LogP contribution in [0.5, 0.6) is 0 Å². The van der Waals surface area contributed by atoms with Gasteiger partial charge in [0.25, 0.3) is 5.91 Å².